The zero-order chi connectivity index (χ0) is 33.0. The summed E-state index contributed by atoms with van der Waals surface area (Å²) >= 11 is 0. The standard InChI is InChI=1S/C30H26N2O13.4Na/c33-21-7-23-19(5-15(21)9-31(11-25(35)36)12-26(37)38)29(17-3-1-2-4-18(17)30(43)44)20-6-16(22(34)8-24(20)45-23)10-32(13-27(39)40)14-28(41)42;;;;/h1-8,33H,9-14H2,(H,35,36)(H,37,38)(H,39,40)(H,41,42)(H,43,44);;;;. The van der Waals surface area contributed by atoms with Crippen molar-refractivity contribution in [3.63, 3.8) is 0 Å². The number of aromatic carboxylic acids is 1. The maximum absolute atomic E-state index is 13.1. The minimum atomic E-state index is -1.33. The van der Waals surface area contributed by atoms with E-state index in [1.807, 2.05) is 0 Å². The molecule has 0 spiro atoms. The fourth-order valence-corrected chi connectivity index (χ4v) is 5.05. The second-order valence-corrected chi connectivity index (χ2v) is 10.1. The van der Waals surface area contributed by atoms with Gasteiger partial charge < -0.3 is 35.1 Å². The van der Waals surface area contributed by atoms with Crippen LogP contribution in [0.15, 0.2) is 57.7 Å². The SMILES string of the molecule is O=C(O)CN(CC(=O)O)Cc1cc2c(-c3ccccc3C(=O)O)c3cc(CN(CC(=O)O)CC(=O)O)c(=O)cc-3oc2cc1O.[Na].[Na].[Na].[Na]. The summed E-state index contributed by atoms with van der Waals surface area (Å²) in [6.07, 6.45) is 0. The molecule has 15 nitrogen and oxygen atoms in total. The minimum absolute atomic E-state index is 0. The van der Waals surface area contributed by atoms with Gasteiger partial charge in [-0.3, -0.25) is 33.8 Å². The molecule has 238 valence electrons. The number of nitrogens with zero attached hydrogens (tertiary/aromatic N) is 2. The molecule has 1 aliphatic carbocycles. The zero-order valence-electron chi connectivity index (χ0n) is 27.3. The third kappa shape index (κ3) is 12.4. The van der Waals surface area contributed by atoms with Crippen LogP contribution in [0, 0.1) is 0 Å². The molecule has 2 aromatic rings. The number of rotatable bonds is 14. The number of benzene rings is 3. The summed E-state index contributed by atoms with van der Waals surface area (Å²) in [6.45, 7) is -3.42. The minimum Gasteiger partial charge on any atom is -0.507 e. The first kappa shape index (κ1) is 47.2. The van der Waals surface area contributed by atoms with E-state index in [0.29, 0.717) is 0 Å². The Kier molecular flexibility index (Phi) is 20.1. The van der Waals surface area contributed by atoms with Gasteiger partial charge in [-0.2, -0.15) is 0 Å². The Morgan fingerprint density at radius 3 is 1.61 bits per heavy atom. The van der Waals surface area contributed by atoms with Gasteiger partial charge in [-0.15, -0.1) is 0 Å². The van der Waals surface area contributed by atoms with Crippen molar-refractivity contribution in [2.24, 2.45) is 0 Å². The van der Waals surface area contributed by atoms with Crippen molar-refractivity contribution in [1.29, 1.82) is 0 Å². The Morgan fingerprint density at radius 1 is 0.633 bits per heavy atom. The van der Waals surface area contributed by atoms with Crippen molar-refractivity contribution in [2.45, 2.75) is 13.1 Å². The Hall–Kier alpha value is -1.80. The van der Waals surface area contributed by atoms with E-state index in [1.54, 1.807) is 6.07 Å². The van der Waals surface area contributed by atoms with Crippen molar-refractivity contribution in [2.75, 3.05) is 26.2 Å². The molecule has 49 heavy (non-hydrogen) atoms. The van der Waals surface area contributed by atoms with E-state index in [1.165, 1.54) is 36.4 Å². The second-order valence-electron chi connectivity index (χ2n) is 10.1. The number of carboxylic acid groups (broad SMARTS) is 5. The summed E-state index contributed by atoms with van der Waals surface area (Å²) < 4.78 is 5.94. The predicted octanol–water partition coefficient (Wildman–Crippen LogP) is 0.388. The number of aliphatic carboxylic acids is 4. The quantitative estimate of drug-likeness (QED) is 0.0764. The van der Waals surface area contributed by atoms with Gasteiger partial charge in [0.2, 0.25) is 0 Å². The smallest absolute Gasteiger partial charge is 0.336 e. The summed E-state index contributed by atoms with van der Waals surface area (Å²) in [6, 6.07) is 10.9. The number of phenolic OH excluding ortho intramolecular Hbond substituents is 1. The molecule has 2 aromatic carbocycles. The zero-order valence-corrected chi connectivity index (χ0v) is 35.3. The fourth-order valence-electron chi connectivity index (χ4n) is 5.05. The fraction of sp³-hybridized carbons (Fsp3) is 0.200. The van der Waals surface area contributed by atoms with Crippen LogP contribution in [0.4, 0.5) is 0 Å². The van der Waals surface area contributed by atoms with E-state index < -0.39 is 61.5 Å². The molecule has 0 bridgehead atoms. The number of phenols is 1. The van der Waals surface area contributed by atoms with Crippen molar-refractivity contribution in [3.05, 3.63) is 75.4 Å². The van der Waals surface area contributed by atoms with Gasteiger partial charge in [-0.25, -0.2) is 4.79 Å². The predicted molar refractivity (Wildman–Crippen MR) is 177 cm³/mol. The van der Waals surface area contributed by atoms with Crippen LogP contribution in [0.3, 0.4) is 0 Å². The van der Waals surface area contributed by atoms with E-state index in [9.17, 15) is 59.4 Å². The van der Waals surface area contributed by atoms with Gasteiger partial charge in [0.05, 0.1) is 31.7 Å². The van der Waals surface area contributed by atoms with Crippen LogP contribution >= 0.6 is 0 Å². The third-order valence-corrected chi connectivity index (χ3v) is 6.75. The van der Waals surface area contributed by atoms with Gasteiger partial charge in [0, 0.05) is 171 Å². The van der Waals surface area contributed by atoms with Crippen LogP contribution in [0.25, 0.3) is 33.4 Å². The largest absolute Gasteiger partial charge is 0.507 e. The molecule has 0 amide bonds. The summed E-state index contributed by atoms with van der Waals surface area (Å²) in [5.41, 5.74) is -0.109. The van der Waals surface area contributed by atoms with Gasteiger partial charge in [0.25, 0.3) is 0 Å². The van der Waals surface area contributed by atoms with Crippen LogP contribution in [0.2, 0.25) is 0 Å². The summed E-state index contributed by atoms with van der Waals surface area (Å²) in [4.78, 5) is 72.8. The number of carboxylic acids is 5. The number of hydrogen-bond donors (Lipinski definition) is 6. The topological polar surface area (TPSA) is 243 Å². The summed E-state index contributed by atoms with van der Waals surface area (Å²) in [7, 11) is 0. The molecule has 0 fully saturated rings. The Balaban J connectivity index is 0.00000576. The summed E-state index contributed by atoms with van der Waals surface area (Å²) in [5.74, 6) is -6.98. The van der Waals surface area contributed by atoms with E-state index in [4.69, 9.17) is 4.42 Å². The first-order valence-corrected chi connectivity index (χ1v) is 13.1. The van der Waals surface area contributed by atoms with Gasteiger partial charge in [-0.1, -0.05) is 18.2 Å². The molecule has 0 unspecified atom stereocenters. The maximum Gasteiger partial charge on any atom is 0.336 e. The molecule has 2 aliphatic rings. The van der Waals surface area contributed by atoms with E-state index in [-0.39, 0.29) is 187 Å². The molecule has 0 saturated heterocycles. The molecular formula is C30H26N2Na4O13. The first-order valence-electron chi connectivity index (χ1n) is 13.1. The van der Waals surface area contributed by atoms with Gasteiger partial charge in [0.15, 0.2) is 5.43 Å². The van der Waals surface area contributed by atoms with Crippen molar-refractivity contribution in [3.8, 4) is 28.2 Å². The van der Waals surface area contributed by atoms with Crippen LogP contribution in [-0.4, -0.2) is 215 Å². The monoisotopic (exact) mass is 714 g/mol. The Bertz CT molecular complexity index is 1850. The third-order valence-electron chi connectivity index (χ3n) is 6.75. The van der Waals surface area contributed by atoms with Crippen LogP contribution in [0.5, 0.6) is 5.75 Å². The van der Waals surface area contributed by atoms with Crippen LogP contribution < -0.4 is 5.43 Å². The molecule has 0 saturated carbocycles. The van der Waals surface area contributed by atoms with Gasteiger partial charge in [0.1, 0.15) is 17.1 Å². The molecule has 0 aromatic heterocycles. The second kappa shape index (κ2) is 20.9. The molecule has 4 radical (unpaired) electrons. The Morgan fingerprint density at radius 2 is 1.12 bits per heavy atom. The molecule has 1 aliphatic heterocycles. The molecule has 1 heterocycles. The van der Waals surface area contributed by atoms with Crippen molar-refractivity contribution >= 4 is 159 Å². The molecule has 4 rings (SSSR count). The van der Waals surface area contributed by atoms with Crippen molar-refractivity contribution < 1.29 is 59.0 Å². The maximum atomic E-state index is 13.1. The van der Waals surface area contributed by atoms with Gasteiger partial charge in [-0.05, 0) is 23.8 Å². The number of aromatic hydroxyl groups is 1. The average Bonchev–Trinajstić information content (AvgIpc) is 2.91. The van der Waals surface area contributed by atoms with Crippen LogP contribution in [-0.2, 0) is 32.3 Å². The van der Waals surface area contributed by atoms with Crippen LogP contribution in [0.1, 0.15) is 21.5 Å². The van der Waals surface area contributed by atoms with E-state index >= 15 is 0 Å². The Labute approximate surface area is 366 Å². The normalized spacial score (nSPS) is 10.4. The first-order chi connectivity index (χ1) is 21.2. The molecule has 19 heteroatoms. The van der Waals surface area contributed by atoms with Gasteiger partial charge >= 0.3 is 29.8 Å². The van der Waals surface area contributed by atoms with E-state index in [2.05, 4.69) is 0 Å². The van der Waals surface area contributed by atoms with E-state index in [0.717, 1.165) is 15.9 Å². The summed E-state index contributed by atoms with van der Waals surface area (Å²) in [5, 5.41) is 58.0. The number of carbonyl (C=O) groups is 5. The number of hydrogen-bond acceptors (Lipinski definition) is 10. The molecule has 6 N–H and O–H groups in total. The number of fused-ring (bicyclic) bond motifs is 2. The molecular weight excluding hydrogens is 688 g/mol. The van der Waals surface area contributed by atoms with Crippen molar-refractivity contribution in [1.82, 2.24) is 9.80 Å². The molecule has 0 atom stereocenters. The average molecular weight is 714 g/mol.